The number of nitrogens with one attached hydrogen (secondary N) is 3. The molecule has 6 atom stereocenters. The first kappa shape index (κ1) is 77.2. The van der Waals surface area contributed by atoms with Gasteiger partial charge in [0, 0.05) is 56.0 Å². The fourth-order valence-corrected chi connectivity index (χ4v) is 12.8. The Kier molecular flexibility index (Phi) is 22.7. The second-order valence-electron chi connectivity index (χ2n) is 26.0. The Balaban J connectivity index is 0.000000146. The largest absolute Gasteiger partial charge is 0.489 e. The van der Waals surface area contributed by atoms with Crippen LogP contribution < -0.4 is 59.6 Å². The van der Waals surface area contributed by atoms with Gasteiger partial charge in [0.2, 0.25) is 5.95 Å². The molecule has 3 fully saturated rings. The van der Waals surface area contributed by atoms with E-state index in [0.29, 0.717) is 98.7 Å². The number of pyridine rings is 2. The number of aliphatic hydroxyl groups excluding tert-OH is 6. The van der Waals surface area contributed by atoms with E-state index in [2.05, 4.69) is 65.8 Å². The number of hydrogen-bond donors (Lipinski definition) is 9. The van der Waals surface area contributed by atoms with Crippen molar-refractivity contribution in [2.75, 3.05) is 124 Å². The van der Waals surface area contributed by atoms with E-state index in [0.717, 1.165) is 36.4 Å². The molecule has 0 spiro atoms. The lowest BCUT2D eigenvalue weighted by molar-refractivity contribution is -0.138. The molecular formula is C71H68F9N19O12. The fraction of sp³-hybridized carbons (Fsp3) is 0.338. The molecule has 3 saturated heterocycles. The molecule has 15 rings (SSSR count). The highest BCUT2D eigenvalue weighted by Crippen LogP contribution is 2.44. The van der Waals surface area contributed by atoms with Gasteiger partial charge in [0.05, 0.1) is 115 Å². The van der Waals surface area contributed by atoms with Gasteiger partial charge < -0.3 is 59.5 Å². The zero-order chi connectivity index (χ0) is 78.5. The number of halogens is 9. The molecule has 6 aromatic heterocycles. The van der Waals surface area contributed by atoms with E-state index in [9.17, 15) is 69.2 Å². The highest BCUT2D eigenvalue weighted by atomic mass is 19.4. The first-order valence-electron chi connectivity index (χ1n) is 34.4. The van der Waals surface area contributed by atoms with E-state index in [1.165, 1.54) is 107 Å². The number of nitrogens with zero attached hydrogens (tertiary/aromatic N) is 16. The number of fused-ring (bicyclic) bond motifs is 12. The minimum atomic E-state index is -4.51. The third-order valence-electron chi connectivity index (χ3n) is 18.3. The first-order valence-corrected chi connectivity index (χ1v) is 34.4. The third-order valence-corrected chi connectivity index (χ3v) is 18.3. The number of rotatable bonds is 18. The lowest BCUT2D eigenvalue weighted by Crippen LogP contribution is -2.48. The standard InChI is InChI=1S/2C24H23F3N6O4.C23H22F3N7O4/c2*25-24(26,27)15-3-1-2-14(8-15)21-29-10-19-22(31-21)33(16-6-7-32(19)11-16)23(36)30-20-5-4-18(9-28-20)37-13-17(35)12-34;24-23(25,26)14-3-1-2-13(6-14)19-27-9-18-20(30-19)33(15-4-5-32(18)10-15)22(36)31-21-28-7-17(8-29-21)37-12-16(35)11-34/h2*1-5,8-10,16-17,34-35H,6-7,11-13H2,(H,28,30,36);1-3,6-9,15-16,34-35H,4-5,10-12H2,(H,28,29,31,36)/t16-,17+;16-,17-;15-,16+/m000/s1. The zero-order valence-corrected chi connectivity index (χ0v) is 58.0. The first-order chi connectivity index (χ1) is 53.2. The van der Waals surface area contributed by atoms with Crippen molar-refractivity contribution in [3.63, 3.8) is 0 Å². The summed E-state index contributed by atoms with van der Waals surface area (Å²) in [5.41, 5.74) is -0.0345. The van der Waals surface area contributed by atoms with Gasteiger partial charge in [-0.3, -0.25) is 30.7 Å². The van der Waals surface area contributed by atoms with Gasteiger partial charge in [-0.2, -0.15) is 39.5 Å². The number of amides is 6. The summed E-state index contributed by atoms with van der Waals surface area (Å²) >= 11 is 0. The molecule has 3 aromatic carbocycles. The van der Waals surface area contributed by atoms with Crippen LogP contribution in [0.4, 0.5) is 106 Å². The second-order valence-corrected chi connectivity index (χ2v) is 26.0. The number of hydrogen-bond acceptors (Lipinski definition) is 25. The molecule has 6 aliphatic heterocycles. The number of carbonyl (C=O) groups excluding carboxylic acids is 3. The average molecular weight is 1550 g/mol. The van der Waals surface area contributed by atoms with Crippen LogP contribution in [0.5, 0.6) is 17.2 Å². The highest BCUT2D eigenvalue weighted by molar-refractivity contribution is 6.06. The minimum absolute atomic E-state index is 0.00538. The zero-order valence-electron chi connectivity index (χ0n) is 58.0. The Morgan fingerprint density at radius 2 is 0.730 bits per heavy atom. The molecule has 6 bridgehead atoms. The van der Waals surface area contributed by atoms with Gasteiger partial charge in [-0.05, 0) is 79.9 Å². The van der Waals surface area contributed by atoms with E-state index < -0.39 is 91.4 Å². The number of aliphatic hydroxyl groups is 6. The van der Waals surface area contributed by atoms with Gasteiger partial charge in [-0.15, -0.1) is 0 Å². The molecule has 40 heteroatoms. The van der Waals surface area contributed by atoms with Crippen molar-refractivity contribution >= 4 is 70.2 Å². The van der Waals surface area contributed by atoms with E-state index >= 15 is 0 Å². The summed E-state index contributed by atoms with van der Waals surface area (Å²) in [4.78, 5) is 93.4. The van der Waals surface area contributed by atoms with Crippen LogP contribution in [-0.2, 0) is 18.5 Å². The number of aromatic nitrogens is 10. The predicted octanol–water partition coefficient (Wildman–Crippen LogP) is 8.16. The van der Waals surface area contributed by atoms with E-state index in [4.69, 9.17) is 29.5 Å². The quantitative estimate of drug-likeness (QED) is 0.0366. The van der Waals surface area contributed by atoms with Gasteiger partial charge in [-0.1, -0.05) is 36.4 Å². The van der Waals surface area contributed by atoms with Crippen LogP contribution in [0.3, 0.4) is 0 Å². The topological polar surface area (TPSA) is 385 Å². The number of urea groups is 3. The summed E-state index contributed by atoms with van der Waals surface area (Å²) in [6.07, 6.45) is -4.63. The van der Waals surface area contributed by atoms with E-state index in [-0.39, 0.29) is 101 Å². The van der Waals surface area contributed by atoms with Crippen molar-refractivity contribution in [3.8, 4) is 51.4 Å². The maximum absolute atomic E-state index is 13.3. The molecule has 9 N–H and O–H groups in total. The molecule has 12 heterocycles. The van der Waals surface area contributed by atoms with Crippen molar-refractivity contribution < 1.29 is 98.7 Å². The van der Waals surface area contributed by atoms with Crippen LogP contribution >= 0.6 is 0 Å². The number of carbonyl (C=O) groups is 3. The molecule has 9 aromatic rings. The summed E-state index contributed by atoms with van der Waals surface area (Å²) in [5, 5.41) is 62.8. The van der Waals surface area contributed by atoms with Gasteiger partial charge in [0.15, 0.2) is 40.7 Å². The molecule has 6 aliphatic rings. The monoisotopic (exact) mass is 1550 g/mol. The smallest absolute Gasteiger partial charge is 0.416 e. The SMILES string of the molecule is O=C(Nc1ccc(OC[C@@H](O)CO)cn1)N1c2nc(-c3cccc(C(F)(F)F)c3)ncc2N2CC[C@H]1C2.O=C(Nc1ccc(OC[C@H](O)CO)cn1)N1c2nc(-c3cccc(C(F)(F)F)c3)ncc2N2CC[C@H]1C2.O=C(Nc1ncc(OC[C@H](O)CO)cn1)N1c2nc(-c3cccc(C(F)(F)F)c3)ncc2N2CC[C@H]1C2. The van der Waals surface area contributed by atoms with Crippen LogP contribution in [0.2, 0.25) is 0 Å². The second kappa shape index (κ2) is 32.7. The van der Waals surface area contributed by atoms with Crippen LogP contribution in [0.25, 0.3) is 34.2 Å². The van der Waals surface area contributed by atoms with Crippen molar-refractivity contribution in [2.24, 2.45) is 0 Å². The van der Waals surface area contributed by atoms with E-state index in [1.54, 1.807) is 12.1 Å². The maximum atomic E-state index is 13.3. The Morgan fingerprint density at radius 1 is 0.414 bits per heavy atom. The number of anilines is 9. The minimum Gasteiger partial charge on any atom is -0.489 e. The summed E-state index contributed by atoms with van der Waals surface area (Å²) in [7, 11) is 0. The number of alkyl halides is 9. The summed E-state index contributed by atoms with van der Waals surface area (Å²) in [5.74, 6) is 2.54. The number of benzene rings is 3. The Morgan fingerprint density at radius 3 is 1.04 bits per heavy atom. The molecule has 111 heavy (non-hydrogen) atoms. The van der Waals surface area contributed by atoms with Crippen LogP contribution in [-0.4, -0.2) is 214 Å². The Bertz CT molecular complexity index is 4340. The summed E-state index contributed by atoms with van der Waals surface area (Å²) in [6.45, 7) is 2.10. The highest BCUT2D eigenvalue weighted by Gasteiger charge is 2.45. The van der Waals surface area contributed by atoms with Crippen LogP contribution in [0, 0.1) is 0 Å². The summed E-state index contributed by atoms with van der Waals surface area (Å²) < 4.78 is 135. The third kappa shape index (κ3) is 17.8. The predicted molar refractivity (Wildman–Crippen MR) is 380 cm³/mol. The molecular weight excluding hydrogens is 1480 g/mol. The molecule has 0 aliphatic carbocycles. The van der Waals surface area contributed by atoms with Crippen LogP contribution in [0.1, 0.15) is 36.0 Å². The average Bonchev–Trinajstić information content (AvgIpc) is 1.68. The van der Waals surface area contributed by atoms with Gasteiger partial charge >= 0.3 is 36.6 Å². The molecule has 6 amide bonds. The molecule has 31 nitrogen and oxygen atoms in total. The molecule has 0 unspecified atom stereocenters. The van der Waals surface area contributed by atoms with E-state index in [1.807, 2.05) is 14.7 Å². The lowest BCUT2D eigenvalue weighted by atomic mass is 10.1. The molecule has 582 valence electrons. The summed E-state index contributed by atoms with van der Waals surface area (Å²) in [6, 6.07) is 18.3. The van der Waals surface area contributed by atoms with Crippen molar-refractivity contribution in [1.82, 2.24) is 49.8 Å². The fourth-order valence-electron chi connectivity index (χ4n) is 12.8. The van der Waals surface area contributed by atoms with Crippen molar-refractivity contribution in [3.05, 3.63) is 157 Å². The molecule has 0 radical (unpaired) electrons. The lowest BCUT2D eigenvalue weighted by Gasteiger charge is -2.35. The normalized spacial score (nSPS) is 17.4. The Labute approximate surface area is 623 Å². The van der Waals surface area contributed by atoms with Gasteiger partial charge in [0.1, 0.15) is 61.3 Å². The molecule has 0 saturated carbocycles. The van der Waals surface area contributed by atoms with Gasteiger partial charge in [-0.25, -0.2) is 64.2 Å². The van der Waals surface area contributed by atoms with Gasteiger partial charge in [0.25, 0.3) is 0 Å². The van der Waals surface area contributed by atoms with Crippen molar-refractivity contribution in [2.45, 2.75) is 74.2 Å². The van der Waals surface area contributed by atoms with Crippen LogP contribution in [0.15, 0.2) is 140 Å². The number of ether oxygens (including phenoxy) is 3. The maximum Gasteiger partial charge on any atom is 0.416 e. The Hall–Kier alpha value is -12.0. The van der Waals surface area contributed by atoms with Crippen molar-refractivity contribution in [1.29, 1.82) is 0 Å².